The highest BCUT2D eigenvalue weighted by atomic mass is 32.2. The molecule has 1 heterocycles. The van der Waals surface area contributed by atoms with Crippen molar-refractivity contribution in [3.8, 4) is 0 Å². The van der Waals surface area contributed by atoms with Crippen LogP contribution in [-0.4, -0.2) is 37.3 Å². The van der Waals surface area contributed by atoms with Crippen LogP contribution in [0.3, 0.4) is 0 Å². The predicted octanol–water partition coefficient (Wildman–Crippen LogP) is 3.31. The second-order valence-corrected chi connectivity index (χ2v) is 11.8. The van der Waals surface area contributed by atoms with Crippen molar-refractivity contribution in [2.45, 2.75) is 61.8 Å². The Morgan fingerprint density at radius 3 is 2.00 bits per heavy atom. The molecule has 0 aromatic heterocycles. The fraction of sp³-hybridized carbons (Fsp3) is 0.682. The van der Waals surface area contributed by atoms with Crippen LogP contribution in [0.2, 0.25) is 0 Å². The van der Waals surface area contributed by atoms with Gasteiger partial charge in [-0.15, -0.1) is 0 Å². The number of nitrogens with zero attached hydrogens (tertiary/aromatic N) is 1. The average Bonchev–Trinajstić information content (AvgIpc) is 2.67. The highest BCUT2D eigenvalue weighted by Crippen LogP contribution is 2.55. The fourth-order valence-electron chi connectivity index (χ4n) is 6.74. The molecule has 5 aliphatic rings. The van der Waals surface area contributed by atoms with Gasteiger partial charge in [0.15, 0.2) is 0 Å². The summed E-state index contributed by atoms with van der Waals surface area (Å²) in [6.45, 7) is 0.664. The Morgan fingerprint density at radius 2 is 1.48 bits per heavy atom. The minimum Gasteiger partial charge on any atom is -0.350 e. The van der Waals surface area contributed by atoms with Gasteiger partial charge in [0.1, 0.15) is 5.82 Å². The SMILES string of the molecule is O=C(NC12CC3CC(CC(C3)C1)C2)C1CCN(S(=O)(=O)c2ccc(F)cc2)CC1. The van der Waals surface area contributed by atoms with Crippen LogP contribution >= 0.6 is 0 Å². The summed E-state index contributed by atoms with van der Waals surface area (Å²) in [6.07, 6.45) is 8.49. The maximum Gasteiger partial charge on any atom is 0.243 e. The first-order chi connectivity index (χ1) is 13.8. The zero-order valence-corrected chi connectivity index (χ0v) is 17.5. The Balaban J connectivity index is 1.21. The monoisotopic (exact) mass is 420 g/mol. The average molecular weight is 421 g/mol. The zero-order chi connectivity index (χ0) is 20.2. The van der Waals surface area contributed by atoms with E-state index in [0.717, 1.165) is 37.0 Å². The maximum atomic E-state index is 13.1. The van der Waals surface area contributed by atoms with Crippen molar-refractivity contribution in [1.82, 2.24) is 9.62 Å². The van der Waals surface area contributed by atoms with E-state index in [9.17, 15) is 17.6 Å². The van der Waals surface area contributed by atoms with Gasteiger partial charge in [-0.25, -0.2) is 12.8 Å². The van der Waals surface area contributed by atoms with Crippen LogP contribution in [0.1, 0.15) is 51.4 Å². The van der Waals surface area contributed by atoms with E-state index in [1.807, 2.05) is 0 Å². The summed E-state index contributed by atoms with van der Waals surface area (Å²) < 4.78 is 40.1. The number of benzene rings is 1. The lowest BCUT2D eigenvalue weighted by molar-refractivity contribution is -0.132. The van der Waals surface area contributed by atoms with Gasteiger partial charge in [-0.1, -0.05) is 0 Å². The molecular formula is C22H29FN2O3S. The molecule has 0 spiro atoms. The molecule has 4 bridgehead atoms. The lowest BCUT2D eigenvalue weighted by Crippen LogP contribution is -2.61. The van der Waals surface area contributed by atoms with Crippen LogP contribution in [0, 0.1) is 29.5 Å². The van der Waals surface area contributed by atoms with Gasteiger partial charge in [0.2, 0.25) is 15.9 Å². The highest BCUT2D eigenvalue weighted by Gasteiger charge is 2.52. The molecule has 1 N–H and O–H groups in total. The van der Waals surface area contributed by atoms with E-state index in [4.69, 9.17) is 0 Å². The second-order valence-electron chi connectivity index (χ2n) is 9.82. The number of halogens is 1. The highest BCUT2D eigenvalue weighted by molar-refractivity contribution is 7.89. The topological polar surface area (TPSA) is 66.5 Å². The van der Waals surface area contributed by atoms with Gasteiger partial charge in [0.05, 0.1) is 4.90 Å². The number of carbonyl (C=O) groups is 1. The number of carbonyl (C=O) groups excluding carboxylic acids is 1. The number of rotatable bonds is 4. The first-order valence-corrected chi connectivity index (χ1v) is 12.3. The van der Waals surface area contributed by atoms with E-state index in [1.54, 1.807) is 0 Å². The van der Waals surface area contributed by atoms with E-state index in [-0.39, 0.29) is 22.3 Å². The standard InChI is InChI=1S/C22H29FN2O3S/c23-19-1-3-20(4-2-19)29(27,28)25-7-5-18(6-8-25)21(26)24-22-12-15-9-16(13-22)11-17(10-15)14-22/h1-4,15-18H,5-14H2,(H,24,26). The number of sulfonamides is 1. The normalized spacial score (nSPS) is 35.0. The molecule has 29 heavy (non-hydrogen) atoms. The minimum absolute atomic E-state index is 0.00313. The molecule has 4 saturated carbocycles. The van der Waals surface area contributed by atoms with Crippen LogP contribution in [-0.2, 0) is 14.8 Å². The van der Waals surface area contributed by atoms with Crippen molar-refractivity contribution in [2.75, 3.05) is 13.1 Å². The van der Waals surface area contributed by atoms with Crippen molar-refractivity contribution in [2.24, 2.45) is 23.7 Å². The van der Waals surface area contributed by atoms with Crippen LogP contribution in [0.15, 0.2) is 29.2 Å². The lowest BCUT2D eigenvalue weighted by Gasteiger charge is -2.57. The van der Waals surface area contributed by atoms with Crippen molar-refractivity contribution in [1.29, 1.82) is 0 Å². The maximum absolute atomic E-state index is 13.1. The number of hydrogen-bond acceptors (Lipinski definition) is 3. The molecular weight excluding hydrogens is 391 g/mol. The lowest BCUT2D eigenvalue weighted by atomic mass is 9.53. The van der Waals surface area contributed by atoms with Gasteiger partial charge in [0, 0.05) is 24.5 Å². The molecule has 0 unspecified atom stereocenters. The van der Waals surface area contributed by atoms with Gasteiger partial charge in [-0.2, -0.15) is 4.31 Å². The van der Waals surface area contributed by atoms with Crippen molar-refractivity contribution < 1.29 is 17.6 Å². The van der Waals surface area contributed by atoms with E-state index in [1.165, 1.54) is 47.8 Å². The third-order valence-corrected chi connectivity index (χ3v) is 9.62. The summed E-state index contributed by atoms with van der Waals surface area (Å²) in [5, 5.41) is 3.44. The Bertz CT molecular complexity index is 856. The Labute approximate surface area is 172 Å². The third kappa shape index (κ3) is 3.61. The van der Waals surface area contributed by atoms with Crippen molar-refractivity contribution >= 4 is 15.9 Å². The molecule has 4 aliphatic carbocycles. The van der Waals surface area contributed by atoms with E-state index < -0.39 is 15.8 Å². The smallest absolute Gasteiger partial charge is 0.243 e. The van der Waals surface area contributed by atoms with Crippen LogP contribution in [0.4, 0.5) is 4.39 Å². The van der Waals surface area contributed by atoms with Crippen LogP contribution < -0.4 is 5.32 Å². The molecule has 7 heteroatoms. The number of amides is 1. The third-order valence-electron chi connectivity index (χ3n) is 7.70. The van der Waals surface area contributed by atoms with Crippen LogP contribution in [0.25, 0.3) is 0 Å². The molecule has 5 fully saturated rings. The fourth-order valence-corrected chi connectivity index (χ4v) is 8.21. The molecule has 1 saturated heterocycles. The molecule has 6 rings (SSSR count). The Hall–Kier alpha value is -1.47. The molecule has 0 atom stereocenters. The summed E-state index contributed by atoms with van der Waals surface area (Å²) in [5.41, 5.74) is 0.00313. The van der Waals surface area contributed by atoms with Gasteiger partial charge in [-0.3, -0.25) is 4.79 Å². The molecule has 1 aromatic rings. The second kappa shape index (κ2) is 7.05. The first-order valence-electron chi connectivity index (χ1n) is 10.9. The summed E-state index contributed by atoms with van der Waals surface area (Å²) >= 11 is 0. The molecule has 0 radical (unpaired) electrons. The summed E-state index contributed by atoms with van der Waals surface area (Å²) in [4.78, 5) is 13.1. The van der Waals surface area contributed by atoms with Gasteiger partial charge < -0.3 is 5.32 Å². The van der Waals surface area contributed by atoms with Gasteiger partial charge >= 0.3 is 0 Å². The van der Waals surface area contributed by atoms with E-state index >= 15 is 0 Å². The number of hydrogen-bond donors (Lipinski definition) is 1. The zero-order valence-electron chi connectivity index (χ0n) is 16.6. The largest absolute Gasteiger partial charge is 0.350 e. The molecule has 158 valence electrons. The van der Waals surface area contributed by atoms with Gasteiger partial charge in [-0.05, 0) is 93.4 Å². The summed E-state index contributed by atoms with van der Waals surface area (Å²) in [7, 11) is -3.64. The Kier molecular flexibility index (Phi) is 4.74. The van der Waals surface area contributed by atoms with E-state index in [0.29, 0.717) is 25.9 Å². The summed E-state index contributed by atoms with van der Waals surface area (Å²) in [5.74, 6) is 1.88. The molecule has 1 amide bonds. The van der Waals surface area contributed by atoms with Gasteiger partial charge in [0.25, 0.3) is 0 Å². The molecule has 5 nitrogen and oxygen atoms in total. The van der Waals surface area contributed by atoms with Crippen molar-refractivity contribution in [3.63, 3.8) is 0 Å². The number of piperidine rings is 1. The first kappa shape index (κ1) is 19.5. The Morgan fingerprint density at radius 1 is 0.966 bits per heavy atom. The van der Waals surface area contributed by atoms with Crippen molar-refractivity contribution in [3.05, 3.63) is 30.1 Å². The minimum atomic E-state index is -3.64. The molecule has 1 aliphatic heterocycles. The number of nitrogens with one attached hydrogen (secondary N) is 1. The summed E-state index contributed by atoms with van der Waals surface area (Å²) in [6, 6.07) is 4.93. The molecule has 1 aromatic carbocycles. The predicted molar refractivity (Wildman–Crippen MR) is 107 cm³/mol. The van der Waals surface area contributed by atoms with Crippen LogP contribution in [0.5, 0.6) is 0 Å². The quantitative estimate of drug-likeness (QED) is 0.813. The van der Waals surface area contributed by atoms with E-state index in [2.05, 4.69) is 5.32 Å².